The van der Waals surface area contributed by atoms with Crippen LogP contribution >= 0.6 is 11.8 Å². The zero-order valence-electron chi connectivity index (χ0n) is 10.6. The van der Waals surface area contributed by atoms with Crippen LogP contribution in [0.25, 0.3) is 0 Å². The highest BCUT2D eigenvalue weighted by molar-refractivity contribution is 8.00. The predicted octanol–water partition coefficient (Wildman–Crippen LogP) is 0.733. The second-order valence-electron chi connectivity index (χ2n) is 3.67. The molecule has 0 aliphatic heterocycles. The number of aromatic nitrogens is 1. The summed E-state index contributed by atoms with van der Waals surface area (Å²) in [6.45, 7) is 0.288. The van der Waals surface area contributed by atoms with E-state index in [4.69, 9.17) is 9.84 Å². The Labute approximate surface area is 115 Å². The molecule has 1 aromatic rings. The zero-order valence-corrected chi connectivity index (χ0v) is 11.4. The Bertz CT molecular complexity index is 413. The van der Waals surface area contributed by atoms with E-state index in [1.54, 1.807) is 24.5 Å². The summed E-state index contributed by atoms with van der Waals surface area (Å²) in [7, 11) is 1.51. The lowest BCUT2D eigenvalue weighted by molar-refractivity contribution is -0.143. The number of hydrogen-bond acceptors (Lipinski definition) is 5. The van der Waals surface area contributed by atoms with Gasteiger partial charge in [-0.25, -0.2) is 0 Å². The minimum Gasteiger partial charge on any atom is -0.480 e. The lowest BCUT2D eigenvalue weighted by Crippen LogP contribution is -2.39. The molecule has 0 saturated heterocycles. The molecule has 0 aliphatic carbocycles. The van der Waals surface area contributed by atoms with Crippen LogP contribution in [-0.4, -0.2) is 59.4 Å². The summed E-state index contributed by atoms with van der Waals surface area (Å²) in [5.74, 6) is -1.05. The average Bonchev–Trinajstić information content (AvgIpc) is 2.41. The first-order chi connectivity index (χ1) is 9.13. The molecule has 1 heterocycles. The fourth-order valence-corrected chi connectivity index (χ4v) is 2.11. The van der Waals surface area contributed by atoms with Crippen LogP contribution in [0.1, 0.15) is 0 Å². The number of ether oxygens (including phenoxy) is 1. The van der Waals surface area contributed by atoms with E-state index < -0.39 is 5.97 Å². The molecule has 6 nitrogen and oxygen atoms in total. The van der Waals surface area contributed by atoms with Gasteiger partial charge in [0.1, 0.15) is 6.54 Å². The van der Waals surface area contributed by atoms with Gasteiger partial charge in [-0.15, -0.1) is 11.8 Å². The standard InChI is InChI=1S/C12H16N2O4S/c1-18-7-6-14(8-12(16)17)11(15)9-19-10-2-4-13-5-3-10/h2-5H,6-9H2,1H3,(H,16,17). The van der Waals surface area contributed by atoms with Crippen LogP contribution in [0.15, 0.2) is 29.4 Å². The highest BCUT2D eigenvalue weighted by atomic mass is 32.2. The van der Waals surface area contributed by atoms with E-state index >= 15 is 0 Å². The largest absolute Gasteiger partial charge is 0.480 e. The predicted molar refractivity (Wildman–Crippen MR) is 71.1 cm³/mol. The Kier molecular flexibility index (Phi) is 6.91. The van der Waals surface area contributed by atoms with E-state index in [1.807, 2.05) is 0 Å². The van der Waals surface area contributed by atoms with E-state index in [2.05, 4.69) is 4.98 Å². The third-order valence-electron chi connectivity index (χ3n) is 2.26. The molecule has 0 spiro atoms. The second-order valence-corrected chi connectivity index (χ2v) is 4.72. The van der Waals surface area contributed by atoms with Crippen molar-refractivity contribution in [1.82, 2.24) is 9.88 Å². The number of carboxylic acid groups (broad SMARTS) is 1. The number of carboxylic acids is 1. The first-order valence-corrected chi connectivity index (χ1v) is 6.63. The molecule has 0 unspecified atom stereocenters. The van der Waals surface area contributed by atoms with Gasteiger partial charge in [0.25, 0.3) is 0 Å². The molecule has 1 rings (SSSR count). The van der Waals surface area contributed by atoms with Crippen molar-refractivity contribution in [3.05, 3.63) is 24.5 Å². The maximum absolute atomic E-state index is 11.9. The number of amides is 1. The average molecular weight is 284 g/mol. The molecule has 0 saturated carbocycles. The highest BCUT2D eigenvalue weighted by Crippen LogP contribution is 2.16. The minimum absolute atomic E-state index is 0.195. The Morgan fingerprint density at radius 1 is 1.42 bits per heavy atom. The molecule has 0 aromatic carbocycles. The molecular weight excluding hydrogens is 268 g/mol. The van der Waals surface area contributed by atoms with E-state index in [0.717, 1.165) is 4.90 Å². The van der Waals surface area contributed by atoms with Crippen LogP contribution in [0.4, 0.5) is 0 Å². The SMILES string of the molecule is COCCN(CC(=O)O)C(=O)CSc1ccncc1. The van der Waals surface area contributed by atoms with Gasteiger partial charge in [0.05, 0.1) is 12.4 Å². The Hall–Kier alpha value is -1.60. The third kappa shape index (κ3) is 6.21. The number of pyridine rings is 1. The Balaban J connectivity index is 2.48. The normalized spacial score (nSPS) is 10.2. The van der Waals surface area contributed by atoms with Crippen LogP contribution in [0, 0.1) is 0 Å². The van der Waals surface area contributed by atoms with Crippen LogP contribution in [0.5, 0.6) is 0 Å². The zero-order chi connectivity index (χ0) is 14.1. The number of thioether (sulfide) groups is 1. The van der Waals surface area contributed by atoms with Crippen molar-refractivity contribution in [2.45, 2.75) is 4.90 Å². The molecule has 1 amide bonds. The summed E-state index contributed by atoms with van der Waals surface area (Å²) < 4.78 is 4.86. The summed E-state index contributed by atoms with van der Waals surface area (Å²) >= 11 is 1.35. The van der Waals surface area contributed by atoms with Crippen molar-refractivity contribution in [2.75, 3.05) is 32.6 Å². The molecule has 7 heteroatoms. The van der Waals surface area contributed by atoms with Gasteiger partial charge in [-0.1, -0.05) is 0 Å². The van der Waals surface area contributed by atoms with Crippen molar-refractivity contribution >= 4 is 23.6 Å². The maximum atomic E-state index is 11.9. The number of carbonyl (C=O) groups is 2. The monoisotopic (exact) mass is 284 g/mol. The molecule has 0 radical (unpaired) electrons. The third-order valence-corrected chi connectivity index (χ3v) is 3.25. The molecule has 104 valence electrons. The Morgan fingerprint density at radius 3 is 2.68 bits per heavy atom. The van der Waals surface area contributed by atoms with Gasteiger partial charge in [0.15, 0.2) is 0 Å². The summed E-state index contributed by atoms with van der Waals surface area (Å²) in [6.07, 6.45) is 3.29. The molecule has 0 aliphatic rings. The number of methoxy groups -OCH3 is 1. The lowest BCUT2D eigenvalue weighted by atomic mass is 10.4. The molecule has 1 aromatic heterocycles. The van der Waals surface area contributed by atoms with Gasteiger partial charge in [0, 0.05) is 30.9 Å². The molecule has 1 N–H and O–H groups in total. The van der Waals surface area contributed by atoms with Gasteiger partial charge >= 0.3 is 5.97 Å². The van der Waals surface area contributed by atoms with Gasteiger partial charge < -0.3 is 14.7 Å². The Morgan fingerprint density at radius 2 is 2.11 bits per heavy atom. The quantitative estimate of drug-likeness (QED) is 0.709. The summed E-state index contributed by atoms with van der Waals surface area (Å²) in [4.78, 5) is 28.7. The van der Waals surface area contributed by atoms with Crippen LogP contribution in [-0.2, 0) is 14.3 Å². The first kappa shape index (κ1) is 15.5. The van der Waals surface area contributed by atoms with Gasteiger partial charge in [-0.3, -0.25) is 14.6 Å². The number of nitrogens with zero attached hydrogens (tertiary/aromatic N) is 2. The van der Waals surface area contributed by atoms with Crippen molar-refractivity contribution in [1.29, 1.82) is 0 Å². The lowest BCUT2D eigenvalue weighted by Gasteiger charge is -2.20. The number of rotatable bonds is 8. The molecule has 19 heavy (non-hydrogen) atoms. The van der Waals surface area contributed by atoms with E-state index in [-0.39, 0.29) is 24.7 Å². The van der Waals surface area contributed by atoms with Gasteiger partial charge in [0.2, 0.25) is 5.91 Å². The van der Waals surface area contributed by atoms with Gasteiger partial charge in [-0.2, -0.15) is 0 Å². The van der Waals surface area contributed by atoms with Crippen molar-refractivity contribution in [3.63, 3.8) is 0 Å². The number of carbonyl (C=O) groups excluding carboxylic acids is 1. The smallest absolute Gasteiger partial charge is 0.323 e. The van der Waals surface area contributed by atoms with Crippen LogP contribution < -0.4 is 0 Å². The second kappa shape index (κ2) is 8.49. The van der Waals surface area contributed by atoms with Crippen LogP contribution in [0.2, 0.25) is 0 Å². The van der Waals surface area contributed by atoms with E-state index in [0.29, 0.717) is 6.61 Å². The highest BCUT2D eigenvalue weighted by Gasteiger charge is 2.16. The fourth-order valence-electron chi connectivity index (χ4n) is 1.33. The summed E-state index contributed by atoms with van der Waals surface area (Å²) in [6, 6.07) is 3.60. The number of aliphatic carboxylic acids is 1. The van der Waals surface area contributed by atoms with Crippen molar-refractivity contribution in [3.8, 4) is 0 Å². The molecule has 0 bridgehead atoms. The molecule has 0 atom stereocenters. The van der Waals surface area contributed by atoms with Gasteiger partial charge in [-0.05, 0) is 12.1 Å². The first-order valence-electron chi connectivity index (χ1n) is 5.65. The fraction of sp³-hybridized carbons (Fsp3) is 0.417. The molecule has 0 fully saturated rings. The molecular formula is C12H16N2O4S. The summed E-state index contributed by atoms with van der Waals surface area (Å²) in [5, 5.41) is 8.77. The minimum atomic E-state index is -1.03. The van der Waals surface area contributed by atoms with Crippen molar-refractivity contribution < 1.29 is 19.4 Å². The topological polar surface area (TPSA) is 79.7 Å². The van der Waals surface area contributed by atoms with Crippen LogP contribution in [0.3, 0.4) is 0 Å². The van der Waals surface area contributed by atoms with E-state index in [1.165, 1.54) is 23.8 Å². The summed E-state index contributed by atoms with van der Waals surface area (Å²) in [5.41, 5.74) is 0. The van der Waals surface area contributed by atoms with Crippen molar-refractivity contribution in [2.24, 2.45) is 0 Å². The van der Waals surface area contributed by atoms with E-state index in [9.17, 15) is 9.59 Å². The maximum Gasteiger partial charge on any atom is 0.323 e. The number of hydrogen-bond donors (Lipinski definition) is 1.